The zero-order valence-corrected chi connectivity index (χ0v) is 19.6. The molecule has 0 aliphatic heterocycles. The summed E-state index contributed by atoms with van der Waals surface area (Å²) in [5.41, 5.74) is -12.4. The van der Waals surface area contributed by atoms with E-state index in [9.17, 15) is 43.2 Å². The van der Waals surface area contributed by atoms with E-state index in [0.717, 1.165) is 22.1 Å². The maximum atomic E-state index is 11.4. The Morgan fingerprint density at radius 1 is 0.800 bits per heavy atom. The van der Waals surface area contributed by atoms with Gasteiger partial charge in [-0.15, -0.1) is 0 Å². The molecule has 0 radical (unpaired) electrons. The quantitative estimate of drug-likeness (QED) is 0.466. The number of halogens is 6. The largest absolute Gasteiger partial charge is 0.480 e. The number of nitrogens with zero attached hydrogens (tertiary/aromatic N) is 1. The number of hydrogen-bond donors (Lipinski definition) is 1. The molecular weight excluding hydrogens is 462 g/mol. The fourth-order valence-electron chi connectivity index (χ4n) is 2.63. The first kappa shape index (κ1) is 31.6. The highest BCUT2D eigenvalue weighted by atomic mass is 32.3. The molecule has 0 bridgehead atoms. The second kappa shape index (κ2) is 12.4. The Labute approximate surface area is 175 Å². The summed E-state index contributed by atoms with van der Waals surface area (Å²) in [7, 11) is -13.4. The zero-order chi connectivity index (χ0) is 24.6. The van der Waals surface area contributed by atoms with Gasteiger partial charge in [-0.2, -0.15) is 26.3 Å². The van der Waals surface area contributed by atoms with E-state index in [2.05, 4.69) is 41.5 Å². The van der Waals surface area contributed by atoms with Crippen LogP contribution >= 0.6 is 0 Å². The van der Waals surface area contributed by atoms with Gasteiger partial charge < -0.3 is 9.03 Å². The number of nitrogens with one attached hydrogen (secondary N) is 1. The monoisotopic (exact) mass is 494 g/mol. The summed E-state index contributed by atoms with van der Waals surface area (Å²) in [6.07, 6.45) is 5.52. The minimum Gasteiger partial charge on any atom is -0.421 e. The molecule has 0 spiro atoms. The molecule has 14 heteroatoms. The number of hydrogen-bond acceptors (Lipinski definition) is 4. The van der Waals surface area contributed by atoms with E-state index in [0.29, 0.717) is 0 Å². The minimum atomic E-state index is -6.72. The highest BCUT2D eigenvalue weighted by Crippen LogP contribution is 2.36. The Bertz CT molecular complexity index is 640. The van der Waals surface area contributed by atoms with Gasteiger partial charge in [0.25, 0.3) is 0 Å². The molecule has 1 atom stereocenters. The second-order valence-electron chi connectivity index (χ2n) is 7.42. The summed E-state index contributed by atoms with van der Waals surface area (Å²) in [6.45, 7) is 15.4. The highest BCUT2D eigenvalue weighted by Gasteiger charge is 2.46. The van der Waals surface area contributed by atoms with Crippen molar-refractivity contribution in [2.45, 2.75) is 90.3 Å². The van der Waals surface area contributed by atoms with Gasteiger partial charge in [0.05, 0.1) is 18.6 Å². The first-order valence-electron chi connectivity index (χ1n) is 9.45. The molecule has 0 aromatic carbocycles. The SMILES string of the molecule is CCCCC(CC)C[NH+](C(C)C)C(C)C.O=S(=O)([N-]S(=O)(=O)C(F)(F)F)C(F)(F)F. The van der Waals surface area contributed by atoms with Crippen LogP contribution < -0.4 is 4.90 Å². The number of alkyl halides is 6. The molecule has 0 heterocycles. The third-order valence-corrected chi connectivity index (χ3v) is 7.07. The van der Waals surface area contributed by atoms with Gasteiger partial charge >= 0.3 is 11.0 Å². The van der Waals surface area contributed by atoms with E-state index in [-0.39, 0.29) is 0 Å². The lowest BCUT2D eigenvalue weighted by atomic mass is 9.97. The lowest BCUT2D eigenvalue weighted by molar-refractivity contribution is -0.945. The van der Waals surface area contributed by atoms with Crippen molar-refractivity contribution in [2.75, 3.05) is 6.54 Å². The van der Waals surface area contributed by atoms with Gasteiger partial charge in [0.2, 0.25) is 0 Å². The molecule has 1 unspecified atom stereocenters. The minimum absolute atomic E-state index is 0.765. The van der Waals surface area contributed by atoms with Crippen molar-refractivity contribution in [2.24, 2.45) is 5.92 Å². The smallest absolute Gasteiger partial charge is 0.421 e. The van der Waals surface area contributed by atoms with Crippen molar-refractivity contribution in [3.63, 3.8) is 0 Å². The standard InChI is InChI=1S/C14H31N.C2F6NO4S2/c1-7-9-10-14(8-2)11-15(12(3)4)13(5)6;3-1(4,5)14(10,11)9-15(12,13)2(6,7)8/h12-14H,7-11H2,1-6H3;/q;-1/p+1. The lowest BCUT2D eigenvalue weighted by Gasteiger charge is -2.30. The van der Waals surface area contributed by atoms with E-state index in [1.54, 1.807) is 4.90 Å². The predicted octanol–water partition coefficient (Wildman–Crippen LogP) is 3.96. The van der Waals surface area contributed by atoms with Crippen LogP contribution in [0.3, 0.4) is 0 Å². The molecule has 0 rings (SSSR count). The van der Waals surface area contributed by atoms with Crippen LogP contribution in [0.15, 0.2) is 0 Å². The average molecular weight is 495 g/mol. The lowest BCUT2D eigenvalue weighted by Crippen LogP contribution is -3.18. The molecule has 6 nitrogen and oxygen atoms in total. The summed E-state index contributed by atoms with van der Waals surface area (Å²) >= 11 is 0. The molecule has 0 aliphatic carbocycles. The van der Waals surface area contributed by atoms with Crippen LogP contribution in [0, 0.1) is 5.92 Å². The third-order valence-electron chi connectivity index (χ3n) is 4.33. The van der Waals surface area contributed by atoms with Crippen molar-refractivity contribution >= 4 is 20.0 Å². The Hall–Kier alpha value is -0.600. The number of rotatable bonds is 10. The maximum absolute atomic E-state index is 11.4. The Morgan fingerprint density at radius 3 is 1.40 bits per heavy atom. The van der Waals surface area contributed by atoms with Gasteiger partial charge in [-0.3, -0.25) is 0 Å². The van der Waals surface area contributed by atoms with Crippen molar-refractivity contribution < 1.29 is 48.1 Å². The van der Waals surface area contributed by atoms with E-state index in [1.165, 1.54) is 32.2 Å². The summed E-state index contributed by atoms with van der Waals surface area (Å²) in [5, 5.41) is 0. The van der Waals surface area contributed by atoms with E-state index in [4.69, 9.17) is 0 Å². The van der Waals surface area contributed by atoms with Crippen LogP contribution in [0.25, 0.3) is 4.13 Å². The summed E-state index contributed by atoms with van der Waals surface area (Å²) in [6, 6.07) is 1.53. The van der Waals surface area contributed by atoms with Crippen LogP contribution in [-0.4, -0.2) is 46.5 Å². The molecule has 0 amide bonds. The van der Waals surface area contributed by atoms with E-state index >= 15 is 0 Å². The Morgan fingerprint density at radius 2 is 1.17 bits per heavy atom. The van der Waals surface area contributed by atoms with Crippen molar-refractivity contribution in [3.05, 3.63) is 4.13 Å². The summed E-state index contributed by atoms with van der Waals surface area (Å²) in [4.78, 5) is 1.78. The van der Waals surface area contributed by atoms with Gasteiger partial charge in [0, 0.05) is 5.92 Å². The van der Waals surface area contributed by atoms with E-state index in [1.807, 2.05) is 0 Å². The van der Waals surface area contributed by atoms with Gasteiger partial charge in [0.1, 0.15) is 0 Å². The average Bonchev–Trinajstić information content (AvgIpc) is 2.51. The number of unbranched alkanes of at least 4 members (excludes halogenated alkanes) is 1. The summed E-state index contributed by atoms with van der Waals surface area (Å²) in [5.74, 6) is 0.935. The molecule has 184 valence electrons. The predicted molar refractivity (Wildman–Crippen MR) is 103 cm³/mol. The topological polar surface area (TPSA) is 86.8 Å². The normalized spacial score (nSPS) is 14.8. The fraction of sp³-hybridized carbons (Fsp3) is 1.00. The molecule has 1 N–H and O–H groups in total. The van der Waals surface area contributed by atoms with Crippen LogP contribution in [0.5, 0.6) is 0 Å². The first-order valence-corrected chi connectivity index (χ1v) is 12.3. The van der Waals surface area contributed by atoms with Gasteiger partial charge in [-0.05, 0) is 40.5 Å². The molecule has 0 fully saturated rings. The maximum Gasteiger partial charge on any atom is 0.480 e. The molecular formula is C16H32F6N2O4S2. The zero-order valence-electron chi connectivity index (χ0n) is 17.9. The van der Waals surface area contributed by atoms with E-state index < -0.39 is 31.1 Å². The molecule has 30 heavy (non-hydrogen) atoms. The molecule has 0 aromatic rings. The van der Waals surface area contributed by atoms with Gasteiger partial charge in [-0.25, -0.2) is 16.8 Å². The Balaban J connectivity index is 0. The summed E-state index contributed by atoms with van der Waals surface area (Å²) < 4.78 is 109. The van der Waals surface area contributed by atoms with Gasteiger partial charge in [0.15, 0.2) is 20.0 Å². The van der Waals surface area contributed by atoms with Crippen molar-refractivity contribution in [3.8, 4) is 0 Å². The first-order chi connectivity index (χ1) is 13.2. The second-order valence-corrected chi connectivity index (χ2v) is 10.8. The van der Waals surface area contributed by atoms with Crippen molar-refractivity contribution in [1.82, 2.24) is 0 Å². The van der Waals surface area contributed by atoms with Crippen molar-refractivity contribution in [1.29, 1.82) is 0 Å². The third kappa shape index (κ3) is 11.1. The number of quaternary nitrogens is 1. The molecule has 0 aliphatic rings. The van der Waals surface area contributed by atoms with Crippen LogP contribution in [-0.2, 0) is 20.0 Å². The van der Waals surface area contributed by atoms with Crippen LogP contribution in [0.1, 0.15) is 67.2 Å². The van der Waals surface area contributed by atoms with Crippen LogP contribution in [0.2, 0.25) is 0 Å². The van der Waals surface area contributed by atoms with Crippen LogP contribution in [0.4, 0.5) is 26.3 Å². The number of sulfonamides is 2. The fourth-order valence-corrected chi connectivity index (χ4v) is 4.34. The molecule has 0 saturated heterocycles. The highest BCUT2D eigenvalue weighted by molar-refractivity contribution is 8.13. The van der Waals surface area contributed by atoms with Gasteiger partial charge in [-0.1, -0.05) is 26.7 Å². The molecule has 0 saturated carbocycles. The molecule has 0 aromatic heterocycles. The Kier molecular flexibility index (Phi) is 13.1.